The van der Waals surface area contributed by atoms with Crippen LogP contribution in [0.15, 0.2) is 83.5 Å². The Labute approximate surface area is 162 Å². The molecule has 0 aliphatic rings. The van der Waals surface area contributed by atoms with Gasteiger partial charge in [0.2, 0.25) is 5.95 Å². The average Bonchev–Trinajstić information content (AvgIpc) is 3.22. The van der Waals surface area contributed by atoms with Crippen LogP contribution in [0.5, 0.6) is 0 Å². The molecule has 0 atom stereocenters. The molecule has 0 saturated heterocycles. The van der Waals surface area contributed by atoms with Crippen LogP contribution in [-0.2, 0) is 6.54 Å². The fourth-order valence-electron chi connectivity index (χ4n) is 2.60. The van der Waals surface area contributed by atoms with E-state index >= 15 is 0 Å². The van der Waals surface area contributed by atoms with Gasteiger partial charge in [0.1, 0.15) is 11.6 Å². The third-order valence-corrected chi connectivity index (χ3v) is 4.17. The van der Waals surface area contributed by atoms with Gasteiger partial charge in [0, 0.05) is 22.3 Å². The summed E-state index contributed by atoms with van der Waals surface area (Å²) in [6.45, 7) is 0.540. The molecule has 2 heterocycles. The van der Waals surface area contributed by atoms with Gasteiger partial charge >= 0.3 is 0 Å². The number of rotatable bonds is 6. The Kier molecular flexibility index (Phi) is 5.03. The molecular weight excluding hydrogens is 360 g/mol. The molecule has 2 aromatic carbocycles. The third kappa shape index (κ3) is 4.46. The maximum atomic E-state index is 5.96. The van der Waals surface area contributed by atoms with Crippen LogP contribution in [0.3, 0.4) is 0 Å². The minimum Gasteiger partial charge on any atom is -0.467 e. The summed E-state index contributed by atoms with van der Waals surface area (Å²) in [4.78, 5) is 9.22. The molecule has 4 aromatic rings. The number of anilines is 3. The van der Waals surface area contributed by atoms with E-state index in [9.17, 15) is 0 Å². The lowest BCUT2D eigenvalue weighted by molar-refractivity contribution is 0.518. The van der Waals surface area contributed by atoms with Crippen molar-refractivity contribution in [3.8, 4) is 11.3 Å². The Balaban J connectivity index is 1.64. The second-order valence-corrected chi connectivity index (χ2v) is 6.33. The molecule has 0 fully saturated rings. The van der Waals surface area contributed by atoms with Gasteiger partial charge in [-0.25, -0.2) is 4.98 Å². The number of nitrogens with one attached hydrogen (secondary N) is 2. The molecule has 0 saturated carbocycles. The van der Waals surface area contributed by atoms with Crippen molar-refractivity contribution in [3.05, 3.63) is 89.8 Å². The van der Waals surface area contributed by atoms with E-state index in [1.807, 2.05) is 72.8 Å². The van der Waals surface area contributed by atoms with Crippen LogP contribution in [0.4, 0.5) is 17.5 Å². The van der Waals surface area contributed by atoms with Crippen LogP contribution < -0.4 is 10.6 Å². The van der Waals surface area contributed by atoms with Crippen molar-refractivity contribution in [2.45, 2.75) is 6.54 Å². The molecule has 0 bridgehead atoms. The Morgan fingerprint density at radius 1 is 0.889 bits per heavy atom. The van der Waals surface area contributed by atoms with Crippen molar-refractivity contribution in [2.24, 2.45) is 0 Å². The highest BCUT2D eigenvalue weighted by molar-refractivity contribution is 6.30. The lowest BCUT2D eigenvalue weighted by Gasteiger charge is -2.11. The normalized spacial score (nSPS) is 10.6. The van der Waals surface area contributed by atoms with Crippen molar-refractivity contribution < 1.29 is 4.42 Å². The van der Waals surface area contributed by atoms with E-state index in [1.165, 1.54) is 0 Å². The summed E-state index contributed by atoms with van der Waals surface area (Å²) in [5.74, 6) is 2.04. The van der Waals surface area contributed by atoms with Crippen molar-refractivity contribution in [1.82, 2.24) is 9.97 Å². The fraction of sp³-hybridized carbons (Fsp3) is 0.0476. The molecular formula is C21H17ClN4O. The fourth-order valence-corrected chi connectivity index (χ4v) is 2.73. The molecule has 0 radical (unpaired) electrons. The van der Waals surface area contributed by atoms with Gasteiger partial charge in [-0.15, -0.1) is 0 Å². The number of aromatic nitrogens is 2. The summed E-state index contributed by atoms with van der Waals surface area (Å²) >= 11 is 5.96. The first kappa shape index (κ1) is 17.1. The van der Waals surface area contributed by atoms with E-state index in [4.69, 9.17) is 16.0 Å². The Morgan fingerprint density at radius 2 is 1.70 bits per heavy atom. The molecule has 0 spiro atoms. The number of halogens is 1. The number of hydrogen-bond donors (Lipinski definition) is 2. The Morgan fingerprint density at radius 3 is 2.44 bits per heavy atom. The van der Waals surface area contributed by atoms with Crippen molar-refractivity contribution in [3.63, 3.8) is 0 Å². The first-order valence-corrected chi connectivity index (χ1v) is 8.87. The predicted molar refractivity (Wildman–Crippen MR) is 108 cm³/mol. The first-order valence-electron chi connectivity index (χ1n) is 8.50. The molecule has 134 valence electrons. The monoisotopic (exact) mass is 376 g/mol. The summed E-state index contributed by atoms with van der Waals surface area (Å²) in [7, 11) is 0. The zero-order valence-corrected chi connectivity index (χ0v) is 15.1. The quantitative estimate of drug-likeness (QED) is 0.449. The summed E-state index contributed by atoms with van der Waals surface area (Å²) in [6.07, 6.45) is 1.65. The zero-order chi connectivity index (χ0) is 18.5. The maximum Gasteiger partial charge on any atom is 0.229 e. The predicted octanol–water partition coefficient (Wildman–Crippen LogP) is 5.75. The third-order valence-electron chi connectivity index (χ3n) is 3.92. The first-order chi connectivity index (χ1) is 13.3. The smallest absolute Gasteiger partial charge is 0.229 e. The highest BCUT2D eigenvalue weighted by Crippen LogP contribution is 2.24. The van der Waals surface area contributed by atoms with E-state index in [-0.39, 0.29) is 0 Å². The molecule has 4 rings (SSSR count). The molecule has 0 amide bonds. The lowest BCUT2D eigenvalue weighted by atomic mass is 10.1. The molecule has 2 N–H and O–H groups in total. The van der Waals surface area contributed by atoms with Crippen molar-refractivity contribution >= 4 is 29.1 Å². The number of furan rings is 1. The molecule has 0 aliphatic carbocycles. The Bertz CT molecular complexity index is 1000. The van der Waals surface area contributed by atoms with Gasteiger partial charge in [0.05, 0.1) is 18.5 Å². The van der Waals surface area contributed by atoms with E-state index in [0.29, 0.717) is 23.3 Å². The van der Waals surface area contributed by atoms with Crippen LogP contribution in [0, 0.1) is 0 Å². The van der Waals surface area contributed by atoms with E-state index in [2.05, 4.69) is 20.6 Å². The number of benzene rings is 2. The summed E-state index contributed by atoms with van der Waals surface area (Å²) in [6, 6.07) is 23.1. The zero-order valence-electron chi connectivity index (χ0n) is 14.4. The molecule has 27 heavy (non-hydrogen) atoms. The van der Waals surface area contributed by atoms with E-state index in [1.54, 1.807) is 6.26 Å². The molecule has 0 aliphatic heterocycles. The van der Waals surface area contributed by atoms with Crippen LogP contribution in [0.2, 0.25) is 5.02 Å². The average molecular weight is 377 g/mol. The largest absolute Gasteiger partial charge is 0.467 e. The second-order valence-electron chi connectivity index (χ2n) is 5.89. The van der Waals surface area contributed by atoms with Gasteiger partial charge in [-0.2, -0.15) is 4.98 Å². The van der Waals surface area contributed by atoms with Crippen LogP contribution in [0.1, 0.15) is 5.76 Å². The van der Waals surface area contributed by atoms with E-state index < -0.39 is 0 Å². The van der Waals surface area contributed by atoms with Gasteiger partial charge in [-0.05, 0) is 36.4 Å². The summed E-state index contributed by atoms with van der Waals surface area (Å²) in [5, 5.41) is 7.20. The molecule has 2 aromatic heterocycles. The van der Waals surface area contributed by atoms with Crippen molar-refractivity contribution in [2.75, 3.05) is 10.6 Å². The number of hydrogen-bond acceptors (Lipinski definition) is 5. The van der Waals surface area contributed by atoms with Crippen LogP contribution in [0.25, 0.3) is 11.3 Å². The second kappa shape index (κ2) is 7.93. The number of nitrogens with zero attached hydrogens (tertiary/aromatic N) is 2. The molecule has 6 heteroatoms. The standard InChI is InChI=1S/C21H17ClN4O/c22-16-8-10-17(11-9-16)24-21-25-19(15-5-2-1-3-6-15)13-20(26-21)23-14-18-7-4-12-27-18/h1-13H,14H2,(H2,23,24,25,26). The van der Waals surface area contributed by atoms with E-state index in [0.717, 1.165) is 22.7 Å². The SMILES string of the molecule is Clc1ccc(Nc2nc(NCc3ccco3)cc(-c3ccccc3)n2)cc1. The van der Waals surface area contributed by atoms with Gasteiger partial charge in [-0.1, -0.05) is 41.9 Å². The van der Waals surface area contributed by atoms with Gasteiger partial charge in [0.25, 0.3) is 0 Å². The van der Waals surface area contributed by atoms with Crippen LogP contribution in [-0.4, -0.2) is 9.97 Å². The van der Waals surface area contributed by atoms with Gasteiger partial charge in [-0.3, -0.25) is 0 Å². The summed E-state index contributed by atoms with van der Waals surface area (Å²) < 4.78 is 5.37. The highest BCUT2D eigenvalue weighted by atomic mass is 35.5. The Hall–Kier alpha value is -3.31. The molecule has 0 unspecified atom stereocenters. The highest BCUT2D eigenvalue weighted by Gasteiger charge is 2.08. The maximum absolute atomic E-state index is 5.96. The van der Waals surface area contributed by atoms with Crippen LogP contribution >= 0.6 is 11.6 Å². The summed E-state index contributed by atoms with van der Waals surface area (Å²) in [5.41, 5.74) is 2.70. The minimum absolute atomic E-state index is 0.501. The lowest BCUT2D eigenvalue weighted by Crippen LogP contribution is -2.05. The van der Waals surface area contributed by atoms with Crippen molar-refractivity contribution in [1.29, 1.82) is 0 Å². The van der Waals surface area contributed by atoms with Gasteiger partial charge < -0.3 is 15.1 Å². The minimum atomic E-state index is 0.501. The van der Waals surface area contributed by atoms with Gasteiger partial charge in [0.15, 0.2) is 0 Å². The molecule has 5 nitrogen and oxygen atoms in total. The topological polar surface area (TPSA) is 63.0 Å².